The topological polar surface area (TPSA) is 103 Å². The van der Waals surface area contributed by atoms with Gasteiger partial charge in [-0.25, -0.2) is 9.59 Å². The highest BCUT2D eigenvalue weighted by molar-refractivity contribution is 5.98. The lowest BCUT2D eigenvalue weighted by Crippen LogP contribution is -2.48. The number of amides is 3. The van der Waals surface area contributed by atoms with Crippen molar-refractivity contribution in [2.75, 3.05) is 14.2 Å². The zero-order valence-electron chi connectivity index (χ0n) is 17.0. The number of benzene rings is 1. The van der Waals surface area contributed by atoms with Crippen molar-refractivity contribution in [2.45, 2.75) is 51.2 Å². The van der Waals surface area contributed by atoms with E-state index in [0.717, 1.165) is 25.7 Å². The number of carbonyl (C=O) groups is 3. The summed E-state index contributed by atoms with van der Waals surface area (Å²) in [6.07, 6.45) is 6.73. The van der Waals surface area contributed by atoms with Crippen molar-refractivity contribution in [3.63, 3.8) is 0 Å². The summed E-state index contributed by atoms with van der Waals surface area (Å²) >= 11 is 0. The molecule has 2 N–H and O–H groups in total. The van der Waals surface area contributed by atoms with Crippen molar-refractivity contribution in [3.05, 3.63) is 29.8 Å². The largest absolute Gasteiger partial charge is 0.497 e. The number of hydrogen-bond donors (Lipinski definition) is 2. The van der Waals surface area contributed by atoms with Gasteiger partial charge in [-0.1, -0.05) is 19.3 Å². The first-order valence-corrected chi connectivity index (χ1v) is 9.64. The van der Waals surface area contributed by atoms with E-state index in [1.54, 1.807) is 18.2 Å². The average molecular weight is 404 g/mol. The minimum absolute atomic E-state index is 0.0807. The zero-order chi connectivity index (χ0) is 21.2. The van der Waals surface area contributed by atoms with Gasteiger partial charge < -0.3 is 19.5 Å². The molecule has 0 aliphatic heterocycles. The smallest absolute Gasteiger partial charge is 0.331 e. The monoisotopic (exact) mass is 404 g/mol. The third kappa shape index (κ3) is 7.48. The van der Waals surface area contributed by atoms with E-state index < -0.39 is 24.0 Å². The molecule has 29 heavy (non-hydrogen) atoms. The van der Waals surface area contributed by atoms with Gasteiger partial charge >= 0.3 is 12.0 Å². The van der Waals surface area contributed by atoms with Crippen LogP contribution in [0.4, 0.5) is 4.79 Å². The maximum absolute atomic E-state index is 12.1. The maximum Gasteiger partial charge on any atom is 0.331 e. The van der Waals surface area contributed by atoms with Crippen molar-refractivity contribution in [2.24, 2.45) is 0 Å². The Bertz CT molecular complexity index is 733. The van der Waals surface area contributed by atoms with E-state index in [-0.39, 0.29) is 6.04 Å². The van der Waals surface area contributed by atoms with Crippen molar-refractivity contribution in [1.82, 2.24) is 10.6 Å². The molecule has 2 rings (SSSR count). The fraction of sp³-hybridized carbons (Fsp3) is 0.476. The van der Waals surface area contributed by atoms with Crippen LogP contribution < -0.4 is 20.1 Å². The lowest BCUT2D eigenvalue weighted by atomic mass is 9.96. The van der Waals surface area contributed by atoms with E-state index >= 15 is 0 Å². The van der Waals surface area contributed by atoms with Gasteiger partial charge in [0, 0.05) is 18.2 Å². The Morgan fingerprint density at radius 3 is 2.24 bits per heavy atom. The van der Waals surface area contributed by atoms with Gasteiger partial charge in [0.25, 0.3) is 5.91 Å². The van der Waals surface area contributed by atoms with Crippen LogP contribution in [0.5, 0.6) is 11.5 Å². The minimum Gasteiger partial charge on any atom is -0.497 e. The quantitative estimate of drug-likeness (QED) is 0.535. The first-order valence-electron chi connectivity index (χ1n) is 9.64. The van der Waals surface area contributed by atoms with Crippen LogP contribution in [0.1, 0.15) is 44.6 Å². The first-order chi connectivity index (χ1) is 13.9. The van der Waals surface area contributed by atoms with Gasteiger partial charge in [-0.2, -0.15) is 0 Å². The summed E-state index contributed by atoms with van der Waals surface area (Å²) in [4.78, 5) is 36.0. The van der Waals surface area contributed by atoms with E-state index in [4.69, 9.17) is 14.2 Å². The van der Waals surface area contributed by atoms with Gasteiger partial charge in [-0.05, 0) is 43.5 Å². The number of hydrogen-bond acceptors (Lipinski definition) is 6. The molecule has 158 valence electrons. The Morgan fingerprint density at radius 2 is 1.66 bits per heavy atom. The molecule has 1 aliphatic rings. The summed E-state index contributed by atoms with van der Waals surface area (Å²) in [5, 5.41) is 4.99. The Balaban J connectivity index is 1.83. The summed E-state index contributed by atoms with van der Waals surface area (Å²) in [6.45, 7) is 1.41. The maximum atomic E-state index is 12.1. The summed E-state index contributed by atoms with van der Waals surface area (Å²) in [5.41, 5.74) is 0.669. The summed E-state index contributed by atoms with van der Waals surface area (Å²) in [6, 6.07) is 4.66. The van der Waals surface area contributed by atoms with Crippen LogP contribution in [-0.4, -0.2) is 44.3 Å². The van der Waals surface area contributed by atoms with Crippen LogP contribution in [0.3, 0.4) is 0 Å². The molecule has 0 bridgehead atoms. The molecule has 3 amide bonds. The predicted octanol–water partition coefficient (Wildman–Crippen LogP) is 2.81. The number of urea groups is 1. The van der Waals surface area contributed by atoms with Crippen molar-refractivity contribution < 1.29 is 28.6 Å². The highest BCUT2D eigenvalue weighted by Crippen LogP contribution is 2.23. The molecular formula is C21H28N2O6. The van der Waals surface area contributed by atoms with Crippen molar-refractivity contribution >= 4 is 24.0 Å². The highest BCUT2D eigenvalue weighted by atomic mass is 16.5. The van der Waals surface area contributed by atoms with Crippen LogP contribution in [0.15, 0.2) is 24.3 Å². The third-order valence-corrected chi connectivity index (χ3v) is 4.62. The molecular weight excluding hydrogens is 376 g/mol. The highest BCUT2D eigenvalue weighted by Gasteiger charge is 2.21. The Labute approximate surface area is 170 Å². The van der Waals surface area contributed by atoms with E-state index in [0.29, 0.717) is 17.1 Å². The second-order valence-electron chi connectivity index (χ2n) is 6.86. The Kier molecular flexibility index (Phi) is 8.51. The number of carbonyl (C=O) groups excluding carboxylic acids is 3. The summed E-state index contributed by atoms with van der Waals surface area (Å²) in [7, 11) is 3.06. The van der Waals surface area contributed by atoms with E-state index in [1.807, 2.05) is 0 Å². The first kappa shape index (κ1) is 22.3. The van der Waals surface area contributed by atoms with Crippen molar-refractivity contribution in [1.29, 1.82) is 0 Å². The Morgan fingerprint density at radius 1 is 1.03 bits per heavy atom. The molecule has 0 unspecified atom stereocenters. The molecule has 1 aliphatic carbocycles. The van der Waals surface area contributed by atoms with E-state index in [9.17, 15) is 14.4 Å². The molecule has 0 radical (unpaired) electrons. The standard InChI is InChI=1S/C21H28N2O6/c1-14(20(25)23-21(26)22-16-7-5-4-6-8-16)29-19(24)10-9-15-11-17(27-2)13-18(12-15)28-3/h9-14,16H,4-8H2,1-3H3,(H2,22,23,25,26)/b10-9+/t14-/m1/s1. The molecule has 0 spiro atoms. The van der Waals surface area contributed by atoms with Gasteiger partial charge in [0.15, 0.2) is 6.10 Å². The molecule has 0 aromatic heterocycles. The molecule has 8 nitrogen and oxygen atoms in total. The number of esters is 1. The molecule has 1 atom stereocenters. The van der Waals surface area contributed by atoms with Gasteiger partial charge in [0.05, 0.1) is 14.2 Å². The van der Waals surface area contributed by atoms with Gasteiger partial charge in [0.2, 0.25) is 0 Å². The SMILES string of the molecule is COc1cc(/C=C/C(=O)O[C@H](C)C(=O)NC(=O)NC2CCCCC2)cc(OC)c1. The fourth-order valence-electron chi connectivity index (χ4n) is 3.04. The predicted molar refractivity (Wildman–Crippen MR) is 108 cm³/mol. The molecule has 0 heterocycles. The lowest BCUT2D eigenvalue weighted by Gasteiger charge is -2.23. The van der Waals surface area contributed by atoms with Gasteiger partial charge in [-0.3, -0.25) is 10.1 Å². The zero-order valence-corrected chi connectivity index (χ0v) is 17.0. The molecule has 1 fully saturated rings. The van der Waals surface area contributed by atoms with E-state index in [1.165, 1.54) is 39.7 Å². The second kappa shape index (κ2) is 11.1. The van der Waals surface area contributed by atoms with Gasteiger partial charge in [-0.15, -0.1) is 0 Å². The number of nitrogens with one attached hydrogen (secondary N) is 2. The fourth-order valence-corrected chi connectivity index (χ4v) is 3.04. The van der Waals surface area contributed by atoms with Crippen LogP contribution >= 0.6 is 0 Å². The van der Waals surface area contributed by atoms with E-state index in [2.05, 4.69) is 10.6 Å². The second-order valence-corrected chi connectivity index (χ2v) is 6.86. The van der Waals surface area contributed by atoms with Crippen LogP contribution in [0, 0.1) is 0 Å². The third-order valence-electron chi connectivity index (χ3n) is 4.62. The van der Waals surface area contributed by atoms with Crippen LogP contribution in [-0.2, 0) is 14.3 Å². The molecule has 1 saturated carbocycles. The van der Waals surface area contributed by atoms with Gasteiger partial charge in [0.1, 0.15) is 11.5 Å². The van der Waals surface area contributed by atoms with Crippen LogP contribution in [0.25, 0.3) is 6.08 Å². The minimum atomic E-state index is -1.11. The number of imide groups is 1. The number of ether oxygens (including phenoxy) is 3. The summed E-state index contributed by atoms with van der Waals surface area (Å²) in [5.74, 6) is -0.228. The number of rotatable bonds is 7. The normalized spacial score (nSPS) is 15.4. The van der Waals surface area contributed by atoms with Crippen molar-refractivity contribution in [3.8, 4) is 11.5 Å². The molecule has 0 saturated heterocycles. The summed E-state index contributed by atoms with van der Waals surface area (Å²) < 4.78 is 15.4. The molecule has 8 heteroatoms. The lowest BCUT2D eigenvalue weighted by molar-refractivity contribution is -0.149. The average Bonchev–Trinajstić information content (AvgIpc) is 2.72. The van der Waals surface area contributed by atoms with Crippen LogP contribution in [0.2, 0.25) is 0 Å². The molecule has 1 aromatic rings. The molecule has 1 aromatic carbocycles. The number of methoxy groups -OCH3 is 2. The Hall–Kier alpha value is -3.03.